The Balaban J connectivity index is 2.05. The van der Waals surface area contributed by atoms with Crippen LogP contribution in [-0.4, -0.2) is 27.7 Å². The molecule has 1 aromatic rings. The molecule has 0 saturated carbocycles. The Kier molecular flexibility index (Phi) is 4.36. The molecule has 0 radical (unpaired) electrons. The van der Waals surface area contributed by atoms with E-state index in [1.54, 1.807) is 0 Å². The van der Waals surface area contributed by atoms with Gasteiger partial charge in [0.1, 0.15) is 0 Å². The standard InChI is InChI=1S/C12H14F3NO3S/c13-12(14,15)9-3-5-11(6-4-9)20(17,18)16-8-10-2-1-7-19-10/h3-6,10,16H,1-2,7-8H2/t10-/m1/s1. The zero-order valence-electron chi connectivity index (χ0n) is 10.5. The summed E-state index contributed by atoms with van der Waals surface area (Å²) in [6.07, 6.45) is -2.99. The van der Waals surface area contributed by atoms with E-state index in [0.717, 1.165) is 37.1 Å². The average Bonchev–Trinajstić information content (AvgIpc) is 2.89. The van der Waals surface area contributed by atoms with Crippen LogP contribution < -0.4 is 4.72 Å². The van der Waals surface area contributed by atoms with E-state index >= 15 is 0 Å². The van der Waals surface area contributed by atoms with E-state index < -0.39 is 21.8 Å². The zero-order chi connectivity index (χ0) is 14.8. The molecule has 4 nitrogen and oxygen atoms in total. The minimum absolute atomic E-state index is 0.128. The molecule has 1 aliphatic heterocycles. The predicted octanol–water partition coefficient (Wildman–Crippen LogP) is 2.16. The Morgan fingerprint density at radius 1 is 1.25 bits per heavy atom. The number of halogens is 3. The van der Waals surface area contributed by atoms with Gasteiger partial charge in [-0.2, -0.15) is 13.2 Å². The molecule has 1 atom stereocenters. The molecule has 2 rings (SSSR count). The summed E-state index contributed by atoms with van der Waals surface area (Å²) in [5.41, 5.74) is -0.879. The first-order chi connectivity index (χ1) is 9.29. The maximum absolute atomic E-state index is 12.4. The molecule has 0 spiro atoms. The first-order valence-electron chi connectivity index (χ1n) is 6.07. The number of hydrogen-bond acceptors (Lipinski definition) is 3. The maximum Gasteiger partial charge on any atom is 0.416 e. The van der Waals surface area contributed by atoms with Crippen molar-refractivity contribution in [3.63, 3.8) is 0 Å². The summed E-state index contributed by atoms with van der Waals surface area (Å²) in [5, 5.41) is 0. The second-order valence-corrected chi connectivity index (χ2v) is 6.28. The van der Waals surface area contributed by atoms with Gasteiger partial charge < -0.3 is 4.74 Å². The van der Waals surface area contributed by atoms with Gasteiger partial charge in [0, 0.05) is 13.2 Å². The number of alkyl halides is 3. The van der Waals surface area contributed by atoms with Crippen LogP contribution in [0.2, 0.25) is 0 Å². The van der Waals surface area contributed by atoms with Gasteiger partial charge in [-0.25, -0.2) is 13.1 Å². The van der Waals surface area contributed by atoms with Crippen LogP contribution in [-0.2, 0) is 20.9 Å². The lowest BCUT2D eigenvalue weighted by molar-refractivity contribution is -0.137. The fourth-order valence-electron chi connectivity index (χ4n) is 1.91. The number of hydrogen-bond donors (Lipinski definition) is 1. The number of sulfonamides is 1. The van der Waals surface area contributed by atoms with Crippen molar-refractivity contribution in [2.45, 2.75) is 30.0 Å². The van der Waals surface area contributed by atoms with Gasteiger partial charge in [-0.15, -0.1) is 0 Å². The topological polar surface area (TPSA) is 55.4 Å². The normalized spacial score (nSPS) is 20.2. The molecule has 112 valence electrons. The van der Waals surface area contributed by atoms with Gasteiger partial charge in [0.15, 0.2) is 0 Å². The molecule has 20 heavy (non-hydrogen) atoms. The monoisotopic (exact) mass is 309 g/mol. The summed E-state index contributed by atoms with van der Waals surface area (Å²) in [6, 6.07) is 3.39. The fraction of sp³-hybridized carbons (Fsp3) is 0.500. The van der Waals surface area contributed by atoms with Crippen LogP contribution >= 0.6 is 0 Å². The number of benzene rings is 1. The van der Waals surface area contributed by atoms with Crippen molar-refractivity contribution >= 4 is 10.0 Å². The molecule has 8 heteroatoms. The minimum Gasteiger partial charge on any atom is -0.377 e. The molecule has 0 amide bonds. The molecule has 0 aliphatic carbocycles. The van der Waals surface area contributed by atoms with Gasteiger partial charge in [0.25, 0.3) is 0 Å². The molecule has 0 bridgehead atoms. The van der Waals surface area contributed by atoms with Crippen LogP contribution in [0.5, 0.6) is 0 Å². The molecule has 1 aliphatic rings. The van der Waals surface area contributed by atoms with Gasteiger partial charge in [-0.05, 0) is 37.1 Å². The SMILES string of the molecule is O=S(=O)(NC[C@H]1CCCO1)c1ccc(C(F)(F)F)cc1. The quantitative estimate of drug-likeness (QED) is 0.927. The Morgan fingerprint density at radius 2 is 1.90 bits per heavy atom. The lowest BCUT2D eigenvalue weighted by atomic mass is 10.2. The van der Waals surface area contributed by atoms with Gasteiger partial charge in [-0.3, -0.25) is 0 Å². The molecule has 1 saturated heterocycles. The van der Waals surface area contributed by atoms with Crippen molar-refractivity contribution in [1.82, 2.24) is 4.72 Å². The van der Waals surface area contributed by atoms with Gasteiger partial charge in [0.05, 0.1) is 16.6 Å². The third kappa shape index (κ3) is 3.71. The molecule has 0 unspecified atom stereocenters. The first kappa shape index (κ1) is 15.3. The fourth-order valence-corrected chi connectivity index (χ4v) is 2.98. The Morgan fingerprint density at radius 3 is 2.40 bits per heavy atom. The lowest BCUT2D eigenvalue weighted by Gasteiger charge is -2.12. The van der Waals surface area contributed by atoms with Crippen molar-refractivity contribution in [2.75, 3.05) is 13.2 Å². The van der Waals surface area contributed by atoms with Crippen molar-refractivity contribution in [3.05, 3.63) is 29.8 Å². The highest BCUT2D eigenvalue weighted by molar-refractivity contribution is 7.89. The highest BCUT2D eigenvalue weighted by Gasteiger charge is 2.30. The van der Waals surface area contributed by atoms with E-state index in [-0.39, 0.29) is 17.5 Å². The van der Waals surface area contributed by atoms with Crippen molar-refractivity contribution in [3.8, 4) is 0 Å². The Labute approximate surface area is 115 Å². The van der Waals surface area contributed by atoms with Crippen molar-refractivity contribution < 1.29 is 26.3 Å². The van der Waals surface area contributed by atoms with E-state index in [2.05, 4.69) is 4.72 Å². The van der Waals surface area contributed by atoms with E-state index in [1.807, 2.05) is 0 Å². The largest absolute Gasteiger partial charge is 0.416 e. The lowest BCUT2D eigenvalue weighted by Crippen LogP contribution is -2.31. The van der Waals surface area contributed by atoms with Gasteiger partial charge >= 0.3 is 6.18 Å². The zero-order valence-corrected chi connectivity index (χ0v) is 11.3. The van der Waals surface area contributed by atoms with Crippen LogP contribution in [0.3, 0.4) is 0 Å². The van der Waals surface area contributed by atoms with Crippen LogP contribution in [0, 0.1) is 0 Å². The molecule has 1 aromatic carbocycles. The smallest absolute Gasteiger partial charge is 0.377 e. The van der Waals surface area contributed by atoms with Crippen LogP contribution in [0.4, 0.5) is 13.2 Å². The second-order valence-electron chi connectivity index (χ2n) is 4.51. The molecule has 1 heterocycles. The summed E-state index contributed by atoms with van der Waals surface area (Å²) >= 11 is 0. The second kappa shape index (κ2) is 5.71. The number of ether oxygens (including phenoxy) is 1. The Bertz CT molecular complexity index is 548. The van der Waals surface area contributed by atoms with Gasteiger partial charge in [0.2, 0.25) is 10.0 Å². The van der Waals surface area contributed by atoms with Crippen LogP contribution in [0.15, 0.2) is 29.2 Å². The van der Waals surface area contributed by atoms with Crippen molar-refractivity contribution in [1.29, 1.82) is 0 Å². The van der Waals surface area contributed by atoms with Crippen LogP contribution in [0.25, 0.3) is 0 Å². The van der Waals surface area contributed by atoms with Crippen LogP contribution in [0.1, 0.15) is 18.4 Å². The van der Waals surface area contributed by atoms with Crippen molar-refractivity contribution in [2.24, 2.45) is 0 Å². The molecular formula is C12H14F3NO3S. The van der Waals surface area contributed by atoms with E-state index in [1.165, 1.54) is 0 Å². The molecule has 1 N–H and O–H groups in total. The summed E-state index contributed by atoms with van der Waals surface area (Å²) in [7, 11) is -3.81. The highest BCUT2D eigenvalue weighted by Crippen LogP contribution is 2.29. The third-order valence-corrected chi connectivity index (χ3v) is 4.46. The molecular weight excluding hydrogens is 295 g/mol. The third-order valence-electron chi connectivity index (χ3n) is 3.02. The molecule has 0 aromatic heterocycles. The Hall–Kier alpha value is -1.12. The van der Waals surface area contributed by atoms with Gasteiger partial charge in [-0.1, -0.05) is 0 Å². The summed E-state index contributed by atoms with van der Waals surface area (Å²) in [5.74, 6) is 0. The average molecular weight is 309 g/mol. The summed E-state index contributed by atoms with van der Waals surface area (Å²) < 4.78 is 68.6. The molecule has 1 fully saturated rings. The maximum atomic E-state index is 12.4. The van der Waals surface area contributed by atoms with E-state index in [9.17, 15) is 21.6 Å². The predicted molar refractivity (Wildman–Crippen MR) is 65.6 cm³/mol. The number of nitrogens with one attached hydrogen (secondary N) is 1. The van der Waals surface area contributed by atoms with E-state index in [4.69, 9.17) is 4.74 Å². The highest BCUT2D eigenvalue weighted by atomic mass is 32.2. The van der Waals surface area contributed by atoms with E-state index in [0.29, 0.717) is 6.61 Å². The first-order valence-corrected chi connectivity index (χ1v) is 7.56. The summed E-state index contributed by atoms with van der Waals surface area (Å²) in [6.45, 7) is 0.732. The number of rotatable bonds is 4. The summed E-state index contributed by atoms with van der Waals surface area (Å²) in [4.78, 5) is -0.191. The minimum atomic E-state index is -4.48.